The van der Waals surface area contributed by atoms with Crippen molar-refractivity contribution < 1.29 is 0 Å². The van der Waals surface area contributed by atoms with Gasteiger partial charge >= 0.3 is 0 Å². The maximum Gasteiger partial charge on any atom is 0.00925 e. The molecule has 1 aromatic carbocycles. The monoisotopic (exact) mass is 245 g/mol. The molecule has 1 atom stereocenters. The average molecular weight is 245 g/mol. The van der Waals surface area contributed by atoms with Crippen molar-refractivity contribution in [2.45, 2.75) is 26.3 Å². The van der Waals surface area contributed by atoms with Crippen LogP contribution in [0.3, 0.4) is 0 Å². The summed E-state index contributed by atoms with van der Waals surface area (Å²) in [7, 11) is 2.01. The van der Waals surface area contributed by atoms with Crippen molar-refractivity contribution in [2.24, 2.45) is 0 Å². The van der Waals surface area contributed by atoms with Crippen LogP contribution in [0.15, 0.2) is 35.7 Å². The maximum absolute atomic E-state index is 3.27. The van der Waals surface area contributed by atoms with Gasteiger partial charge in [0, 0.05) is 10.9 Å². The second-order valence-electron chi connectivity index (χ2n) is 4.48. The minimum absolute atomic E-state index is 0.531. The van der Waals surface area contributed by atoms with E-state index >= 15 is 0 Å². The van der Waals surface area contributed by atoms with Gasteiger partial charge in [-0.1, -0.05) is 24.3 Å². The van der Waals surface area contributed by atoms with E-state index in [9.17, 15) is 0 Å². The molecule has 2 heteroatoms. The van der Waals surface area contributed by atoms with Crippen LogP contribution in [0.25, 0.3) is 11.1 Å². The average Bonchev–Trinajstić information content (AvgIpc) is 2.76. The van der Waals surface area contributed by atoms with Gasteiger partial charge in [0.1, 0.15) is 0 Å². The number of benzene rings is 1. The van der Waals surface area contributed by atoms with Gasteiger partial charge in [0.2, 0.25) is 0 Å². The van der Waals surface area contributed by atoms with Crippen LogP contribution >= 0.6 is 11.3 Å². The minimum atomic E-state index is 0.531. The van der Waals surface area contributed by atoms with Gasteiger partial charge in [0.25, 0.3) is 0 Å². The summed E-state index contributed by atoms with van der Waals surface area (Å²) in [5.41, 5.74) is 4.08. The Balaban J connectivity index is 2.16. The zero-order valence-electron chi connectivity index (χ0n) is 10.7. The first kappa shape index (κ1) is 12.3. The van der Waals surface area contributed by atoms with Crippen LogP contribution < -0.4 is 5.32 Å². The fourth-order valence-corrected chi connectivity index (χ4v) is 2.68. The van der Waals surface area contributed by atoms with Crippen molar-refractivity contribution >= 4 is 11.3 Å². The second kappa shape index (κ2) is 5.48. The number of rotatable bonds is 4. The van der Waals surface area contributed by atoms with Gasteiger partial charge in [-0.25, -0.2) is 0 Å². The molecule has 17 heavy (non-hydrogen) atoms. The molecule has 90 valence electrons. The Bertz CT molecular complexity index is 470. The molecule has 2 rings (SSSR count). The van der Waals surface area contributed by atoms with Crippen molar-refractivity contribution in [2.75, 3.05) is 7.05 Å². The normalized spacial score (nSPS) is 12.6. The van der Waals surface area contributed by atoms with Gasteiger partial charge in [-0.2, -0.15) is 0 Å². The van der Waals surface area contributed by atoms with Crippen LogP contribution in [-0.2, 0) is 6.42 Å². The second-order valence-corrected chi connectivity index (χ2v) is 5.60. The Morgan fingerprint density at radius 2 is 1.88 bits per heavy atom. The lowest BCUT2D eigenvalue weighted by Crippen LogP contribution is -2.23. The van der Waals surface area contributed by atoms with E-state index in [-0.39, 0.29) is 0 Å². The highest BCUT2D eigenvalue weighted by Gasteiger charge is 2.04. The zero-order valence-corrected chi connectivity index (χ0v) is 11.5. The molecule has 1 aromatic heterocycles. The predicted molar refractivity (Wildman–Crippen MR) is 76.7 cm³/mol. The lowest BCUT2D eigenvalue weighted by Gasteiger charge is -2.10. The van der Waals surface area contributed by atoms with E-state index in [4.69, 9.17) is 0 Å². The molecule has 0 saturated carbocycles. The van der Waals surface area contributed by atoms with E-state index in [0.717, 1.165) is 6.42 Å². The van der Waals surface area contributed by atoms with Gasteiger partial charge < -0.3 is 5.32 Å². The Kier molecular flexibility index (Phi) is 3.97. The van der Waals surface area contributed by atoms with Crippen molar-refractivity contribution in [1.29, 1.82) is 0 Å². The van der Waals surface area contributed by atoms with Gasteiger partial charge in [0.05, 0.1) is 0 Å². The topological polar surface area (TPSA) is 12.0 Å². The van der Waals surface area contributed by atoms with Crippen molar-refractivity contribution in [3.63, 3.8) is 0 Å². The molecule has 0 radical (unpaired) electrons. The molecule has 0 amide bonds. The van der Waals surface area contributed by atoms with Crippen LogP contribution in [0, 0.1) is 6.92 Å². The predicted octanol–water partition coefficient (Wildman–Crippen LogP) is 3.87. The summed E-state index contributed by atoms with van der Waals surface area (Å²) in [5, 5.41) is 5.42. The summed E-state index contributed by atoms with van der Waals surface area (Å²) in [6.45, 7) is 4.38. The number of nitrogens with one attached hydrogen (secondary N) is 1. The van der Waals surface area contributed by atoms with E-state index in [0.29, 0.717) is 6.04 Å². The Labute approximate surface area is 108 Å². The SMILES string of the molecule is CNC(C)Cc1ccc(-c2ccsc2C)cc1. The Morgan fingerprint density at radius 1 is 1.18 bits per heavy atom. The van der Waals surface area contributed by atoms with Crippen LogP contribution in [0.2, 0.25) is 0 Å². The molecule has 1 N–H and O–H groups in total. The lowest BCUT2D eigenvalue weighted by molar-refractivity contribution is 0.608. The summed E-state index contributed by atoms with van der Waals surface area (Å²) in [6, 6.07) is 11.7. The number of likely N-dealkylation sites (N-methyl/N-ethyl adjacent to an activating group) is 1. The third-order valence-electron chi connectivity index (χ3n) is 3.16. The number of aryl methyl sites for hydroxylation is 1. The molecule has 1 nitrogen and oxygen atoms in total. The molecule has 0 aliphatic heterocycles. The van der Waals surface area contributed by atoms with Crippen molar-refractivity contribution in [3.8, 4) is 11.1 Å². The molecule has 2 aromatic rings. The molecule has 1 heterocycles. The minimum Gasteiger partial charge on any atom is -0.317 e. The largest absolute Gasteiger partial charge is 0.317 e. The van der Waals surface area contributed by atoms with E-state index in [2.05, 4.69) is 54.9 Å². The smallest absolute Gasteiger partial charge is 0.00925 e. The summed E-state index contributed by atoms with van der Waals surface area (Å²) >= 11 is 1.81. The van der Waals surface area contributed by atoms with Gasteiger partial charge in [-0.05, 0) is 55.5 Å². The molecule has 0 aliphatic carbocycles. The quantitative estimate of drug-likeness (QED) is 0.862. The first-order valence-electron chi connectivity index (χ1n) is 6.01. The van der Waals surface area contributed by atoms with Gasteiger partial charge in [-0.3, -0.25) is 0 Å². The van der Waals surface area contributed by atoms with E-state index < -0.39 is 0 Å². The molecular formula is C15H19NS. The highest BCUT2D eigenvalue weighted by atomic mass is 32.1. The third kappa shape index (κ3) is 2.96. The fraction of sp³-hybridized carbons (Fsp3) is 0.333. The maximum atomic E-state index is 3.27. The summed E-state index contributed by atoms with van der Waals surface area (Å²) in [4.78, 5) is 1.39. The number of thiophene rings is 1. The number of hydrogen-bond acceptors (Lipinski definition) is 2. The fourth-order valence-electron chi connectivity index (χ4n) is 1.96. The summed E-state index contributed by atoms with van der Waals surface area (Å²) in [5.74, 6) is 0. The van der Waals surface area contributed by atoms with Crippen molar-refractivity contribution in [3.05, 3.63) is 46.2 Å². The first-order valence-corrected chi connectivity index (χ1v) is 6.89. The number of hydrogen-bond donors (Lipinski definition) is 1. The molecule has 1 unspecified atom stereocenters. The van der Waals surface area contributed by atoms with E-state index in [1.54, 1.807) is 0 Å². The van der Waals surface area contributed by atoms with Crippen LogP contribution in [-0.4, -0.2) is 13.1 Å². The van der Waals surface area contributed by atoms with Gasteiger partial charge in [-0.15, -0.1) is 11.3 Å². The Hall–Kier alpha value is -1.12. The highest BCUT2D eigenvalue weighted by molar-refractivity contribution is 7.10. The molecule has 0 saturated heterocycles. The van der Waals surface area contributed by atoms with E-state index in [1.165, 1.54) is 21.6 Å². The van der Waals surface area contributed by atoms with Crippen LogP contribution in [0.4, 0.5) is 0 Å². The van der Waals surface area contributed by atoms with Crippen LogP contribution in [0.1, 0.15) is 17.4 Å². The van der Waals surface area contributed by atoms with Gasteiger partial charge in [0.15, 0.2) is 0 Å². The van der Waals surface area contributed by atoms with Crippen LogP contribution in [0.5, 0.6) is 0 Å². The highest BCUT2D eigenvalue weighted by Crippen LogP contribution is 2.27. The molecule has 0 spiro atoms. The Morgan fingerprint density at radius 3 is 2.41 bits per heavy atom. The summed E-state index contributed by atoms with van der Waals surface area (Å²) in [6.07, 6.45) is 1.08. The standard InChI is InChI=1S/C15H19NS/c1-11(16-3)10-13-4-6-14(7-5-13)15-8-9-17-12(15)2/h4-9,11,16H,10H2,1-3H3. The first-order chi connectivity index (χ1) is 8.20. The van der Waals surface area contributed by atoms with E-state index in [1.807, 2.05) is 18.4 Å². The molecular weight excluding hydrogens is 226 g/mol. The molecule has 0 aliphatic rings. The van der Waals surface area contributed by atoms with Crippen molar-refractivity contribution in [1.82, 2.24) is 5.32 Å². The molecule has 0 bridgehead atoms. The lowest BCUT2D eigenvalue weighted by atomic mass is 10.0. The third-order valence-corrected chi connectivity index (χ3v) is 4.00. The molecule has 0 fully saturated rings. The zero-order chi connectivity index (χ0) is 12.3. The summed E-state index contributed by atoms with van der Waals surface area (Å²) < 4.78 is 0.